The fourth-order valence-corrected chi connectivity index (χ4v) is 4.03. The maximum atomic E-state index is 12.6. The average molecular weight is 501 g/mol. The molecule has 1 aromatic carbocycles. The van der Waals surface area contributed by atoms with Crippen LogP contribution in [-0.2, 0) is 33.8 Å². The quantitative estimate of drug-likeness (QED) is 0.0750. The lowest BCUT2D eigenvalue weighted by Crippen LogP contribution is -2.50. The van der Waals surface area contributed by atoms with E-state index in [1.807, 2.05) is 0 Å². The summed E-state index contributed by atoms with van der Waals surface area (Å²) in [5, 5.41) is 17.0. The third-order valence-corrected chi connectivity index (χ3v) is 5.70. The first-order chi connectivity index (χ1) is 16.3. The van der Waals surface area contributed by atoms with E-state index in [1.54, 1.807) is 25.7 Å². The van der Waals surface area contributed by atoms with Gasteiger partial charge in [-0.05, 0) is 32.9 Å². The Balaban J connectivity index is 3.06. The molecule has 0 aliphatic carbocycles. The number of nitrogens with zero attached hydrogens (tertiary/aromatic N) is 2. The molecule has 2 atom stereocenters. The molecule has 0 aliphatic heterocycles. The molecule has 0 fully saturated rings. The Morgan fingerprint density at radius 2 is 1.47 bits per heavy atom. The first-order valence-electron chi connectivity index (χ1n) is 11.1. The zero-order valence-corrected chi connectivity index (χ0v) is 20.8. The second kappa shape index (κ2) is 16.2. The van der Waals surface area contributed by atoms with Gasteiger partial charge < -0.3 is 24.8 Å². The van der Waals surface area contributed by atoms with Crippen LogP contribution in [0.15, 0.2) is 24.3 Å². The molecule has 0 aromatic heterocycles. The third-order valence-electron chi connectivity index (χ3n) is 4.67. The Kier molecular flexibility index (Phi) is 14.1. The maximum Gasteiger partial charge on any atom is 0.382 e. The van der Waals surface area contributed by atoms with Crippen molar-refractivity contribution in [3.63, 3.8) is 0 Å². The summed E-state index contributed by atoms with van der Waals surface area (Å²) >= 11 is 0. The van der Waals surface area contributed by atoms with Crippen LogP contribution in [0.5, 0.6) is 0 Å². The molecule has 1 aromatic rings. The van der Waals surface area contributed by atoms with E-state index in [0.717, 1.165) is 0 Å². The Hall–Kier alpha value is -2.50. The molecule has 0 bridgehead atoms. The number of hydrogen-bond donors (Lipinski definition) is 2. The van der Waals surface area contributed by atoms with E-state index in [2.05, 4.69) is 10.6 Å². The van der Waals surface area contributed by atoms with Crippen molar-refractivity contribution in [3.8, 4) is 0 Å². The maximum absolute atomic E-state index is 12.6. The Morgan fingerprint density at radius 3 is 1.85 bits per heavy atom. The van der Waals surface area contributed by atoms with Gasteiger partial charge in [-0.25, -0.2) is 4.90 Å². The van der Waals surface area contributed by atoms with Gasteiger partial charge in [-0.2, -0.15) is 0 Å². The van der Waals surface area contributed by atoms with Crippen LogP contribution < -0.4 is 10.6 Å². The summed E-state index contributed by atoms with van der Waals surface area (Å²) in [6, 6.07) is 5.70. The van der Waals surface area contributed by atoms with E-state index in [-0.39, 0.29) is 50.5 Å². The number of benzene rings is 1. The van der Waals surface area contributed by atoms with Gasteiger partial charge in [-0.1, -0.05) is 4.57 Å². The van der Waals surface area contributed by atoms with Gasteiger partial charge in [0, 0.05) is 38.3 Å². The van der Waals surface area contributed by atoms with Gasteiger partial charge in [0.2, 0.25) is 0 Å². The first kappa shape index (κ1) is 29.5. The Morgan fingerprint density at radius 1 is 0.971 bits per heavy atom. The minimum absolute atomic E-state index is 0.0155. The fourth-order valence-electron chi connectivity index (χ4n) is 3.19. The number of hydrogen-bond acceptors (Lipinski definition) is 11. The van der Waals surface area contributed by atoms with E-state index in [0.29, 0.717) is 31.7 Å². The standard InChI is InChI=1S/C21H33N4O8P/c1-4-31-19(26)15-22-11-13-24(14-12-23-16-20(27)32-5-2)21(34-30,33-6-3)17-7-9-18(10-8-17)25(28)29/h7-10,22-23H,4-6,11-16H2,1-3H3/p+1. The summed E-state index contributed by atoms with van der Waals surface area (Å²) in [4.78, 5) is 35.5. The van der Waals surface area contributed by atoms with Gasteiger partial charge >= 0.3 is 25.9 Å². The van der Waals surface area contributed by atoms with Crippen LogP contribution in [0.25, 0.3) is 0 Å². The zero-order valence-electron chi connectivity index (χ0n) is 19.8. The Bertz CT molecular complexity index is 769. The molecule has 34 heavy (non-hydrogen) atoms. The number of ether oxygens (including phenoxy) is 3. The minimum atomic E-state index is -1.37. The fraction of sp³-hybridized carbons (Fsp3) is 0.619. The highest BCUT2D eigenvalue weighted by Crippen LogP contribution is 2.40. The number of carbonyl (C=O) groups excluding carboxylic acids is 2. The number of esters is 2. The third kappa shape index (κ3) is 9.40. The summed E-state index contributed by atoms with van der Waals surface area (Å²) in [6.07, 6.45) is 0. The highest BCUT2D eigenvalue weighted by molar-refractivity contribution is 7.25. The van der Waals surface area contributed by atoms with Gasteiger partial charge in [-0.3, -0.25) is 19.7 Å². The summed E-state index contributed by atoms with van der Waals surface area (Å²) in [6.45, 7) is 7.38. The highest BCUT2D eigenvalue weighted by atomic mass is 31.1. The van der Waals surface area contributed by atoms with E-state index in [1.165, 1.54) is 24.3 Å². The van der Waals surface area contributed by atoms with E-state index in [9.17, 15) is 24.3 Å². The van der Waals surface area contributed by atoms with Crippen molar-refractivity contribution in [2.75, 3.05) is 59.1 Å². The molecule has 0 saturated heterocycles. The van der Waals surface area contributed by atoms with E-state index in [4.69, 9.17) is 14.2 Å². The topological polar surface area (TPSA) is 149 Å². The molecule has 0 aliphatic rings. The number of carbonyl (C=O) groups is 2. The molecule has 13 heteroatoms. The summed E-state index contributed by atoms with van der Waals surface area (Å²) < 4.78 is 28.4. The lowest BCUT2D eigenvalue weighted by atomic mass is 10.1. The van der Waals surface area contributed by atoms with E-state index < -0.39 is 18.8 Å². The van der Waals surface area contributed by atoms with Crippen LogP contribution in [0.2, 0.25) is 0 Å². The second-order valence-corrected chi connectivity index (χ2v) is 7.82. The molecule has 0 radical (unpaired) electrons. The monoisotopic (exact) mass is 501 g/mol. The summed E-state index contributed by atoms with van der Waals surface area (Å²) in [5.41, 5.74) is -0.979. The average Bonchev–Trinajstić information content (AvgIpc) is 2.82. The van der Waals surface area contributed by atoms with Crippen molar-refractivity contribution < 1.29 is 33.3 Å². The van der Waals surface area contributed by atoms with Crippen LogP contribution in [-0.4, -0.2) is 80.9 Å². The van der Waals surface area contributed by atoms with Crippen LogP contribution in [0.3, 0.4) is 0 Å². The number of rotatable bonds is 18. The summed E-state index contributed by atoms with van der Waals surface area (Å²) in [7, 11) is -0.965. The van der Waals surface area contributed by atoms with Crippen LogP contribution in [0.4, 0.5) is 5.69 Å². The zero-order chi connectivity index (χ0) is 25.4. The molecule has 12 nitrogen and oxygen atoms in total. The van der Waals surface area contributed by atoms with Gasteiger partial charge in [0.1, 0.15) is 0 Å². The van der Waals surface area contributed by atoms with E-state index >= 15 is 0 Å². The van der Waals surface area contributed by atoms with Crippen LogP contribution in [0.1, 0.15) is 26.3 Å². The molecule has 2 N–H and O–H groups in total. The SMILES string of the molecule is CCOC(=O)CNCCN(CCNCC(=O)OCC)C(OCC)([PH+]=O)c1ccc([N+](=O)[O-])cc1. The predicted molar refractivity (Wildman–Crippen MR) is 126 cm³/mol. The number of non-ortho nitro benzene ring substituents is 1. The van der Waals surface area contributed by atoms with Gasteiger partial charge in [0.15, 0.2) is 0 Å². The molecule has 0 spiro atoms. The molecule has 0 amide bonds. The first-order valence-corrected chi connectivity index (χ1v) is 12.0. The van der Waals surface area contributed by atoms with Crippen LogP contribution in [0, 0.1) is 10.1 Å². The van der Waals surface area contributed by atoms with Crippen molar-refractivity contribution in [2.24, 2.45) is 0 Å². The van der Waals surface area contributed by atoms with Crippen LogP contribution >= 0.6 is 8.46 Å². The van der Waals surface area contributed by atoms with Crippen molar-refractivity contribution in [1.82, 2.24) is 15.5 Å². The van der Waals surface area contributed by atoms with Crippen molar-refractivity contribution >= 4 is 26.1 Å². The molecule has 1 rings (SSSR count). The molecule has 190 valence electrons. The van der Waals surface area contributed by atoms with Crippen molar-refractivity contribution in [2.45, 2.75) is 26.2 Å². The smallest absolute Gasteiger partial charge is 0.382 e. The van der Waals surface area contributed by atoms with Gasteiger partial charge in [0.25, 0.3) is 5.69 Å². The van der Waals surface area contributed by atoms with Gasteiger partial charge in [-0.15, -0.1) is 0 Å². The number of nitro groups is 1. The van der Waals surface area contributed by atoms with Crippen molar-refractivity contribution in [1.29, 1.82) is 0 Å². The van der Waals surface area contributed by atoms with Crippen molar-refractivity contribution in [3.05, 3.63) is 39.9 Å². The largest absolute Gasteiger partial charge is 0.465 e. The summed E-state index contributed by atoms with van der Waals surface area (Å²) in [5.74, 6) is -0.774. The molecule has 2 unspecified atom stereocenters. The highest BCUT2D eigenvalue weighted by Gasteiger charge is 2.48. The predicted octanol–water partition coefficient (Wildman–Crippen LogP) is 1.37. The van der Waals surface area contributed by atoms with Gasteiger partial charge in [0.05, 0.1) is 43.4 Å². The molecule has 0 saturated carbocycles. The minimum Gasteiger partial charge on any atom is -0.465 e. The molecular formula is C21H34N4O8P+. The molecule has 0 heterocycles. The second-order valence-electron chi connectivity index (χ2n) is 6.93. The molecular weight excluding hydrogens is 467 g/mol. The Labute approximate surface area is 200 Å². The number of nitrogens with one attached hydrogen (secondary N) is 2. The number of nitro benzene ring substituents is 1. The lowest BCUT2D eigenvalue weighted by molar-refractivity contribution is -0.384. The lowest BCUT2D eigenvalue weighted by Gasteiger charge is -2.34. The normalized spacial score (nSPS) is 12.9.